The van der Waals surface area contributed by atoms with Crippen molar-refractivity contribution in [2.24, 2.45) is 11.3 Å². The number of hydrogen-bond donors (Lipinski definition) is 1. The van der Waals surface area contributed by atoms with Gasteiger partial charge in [-0.2, -0.15) is 0 Å². The first-order chi connectivity index (χ1) is 9.03. The Balaban J connectivity index is 2.10. The van der Waals surface area contributed by atoms with Crippen LogP contribution in [-0.4, -0.2) is 31.3 Å². The maximum absolute atomic E-state index is 11.5. The van der Waals surface area contributed by atoms with Crippen LogP contribution in [0.25, 0.3) is 0 Å². The van der Waals surface area contributed by atoms with E-state index in [0.29, 0.717) is 12.5 Å². The van der Waals surface area contributed by atoms with Crippen LogP contribution in [0.5, 0.6) is 0 Å². The van der Waals surface area contributed by atoms with Crippen molar-refractivity contribution in [2.75, 3.05) is 0 Å². The molecule has 0 aliphatic heterocycles. The topological polar surface area (TPSA) is 80.9 Å². The first-order valence-corrected chi connectivity index (χ1v) is 7.02. The Morgan fingerprint density at radius 2 is 2.11 bits per heavy atom. The molecule has 0 radical (unpaired) electrons. The van der Waals surface area contributed by atoms with Gasteiger partial charge >= 0.3 is 5.97 Å². The summed E-state index contributed by atoms with van der Waals surface area (Å²) in [6.45, 7) is 4.72. The highest BCUT2D eigenvalue weighted by Crippen LogP contribution is 2.39. The van der Waals surface area contributed by atoms with Gasteiger partial charge in [-0.05, 0) is 35.6 Å². The fourth-order valence-corrected chi connectivity index (χ4v) is 2.72. The number of tetrazole rings is 1. The lowest BCUT2D eigenvalue weighted by Gasteiger charge is -2.23. The SMILES string of the molecule is CC(C)CCc1nnnn1CC1(C(=O)O)CCCC1. The number of aryl methyl sites for hydroxylation is 1. The van der Waals surface area contributed by atoms with E-state index in [1.807, 2.05) is 0 Å². The summed E-state index contributed by atoms with van der Waals surface area (Å²) in [5.41, 5.74) is -0.665. The van der Waals surface area contributed by atoms with E-state index in [1.165, 1.54) is 0 Å². The van der Waals surface area contributed by atoms with Crippen LogP contribution in [0.1, 0.15) is 51.8 Å². The second kappa shape index (κ2) is 5.67. The third-order valence-corrected chi connectivity index (χ3v) is 4.02. The summed E-state index contributed by atoms with van der Waals surface area (Å²) in [6, 6.07) is 0. The predicted octanol–water partition coefficient (Wildman–Crippen LogP) is 1.91. The van der Waals surface area contributed by atoms with E-state index in [1.54, 1.807) is 4.68 Å². The smallest absolute Gasteiger partial charge is 0.311 e. The Kier molecular flexibility index (Phi) is 4.17. The van der Waals surface area contributed by atoms with Crippen LogP contribution in [0.2, 0.25) is 0 Å². The summed E-state index contributed by atoms with van der Waals surface area (Å²) >= 11 is 0. The summed E-state index contributed by atoms with van der Waals surface area (Å²) in [7, 11) is 0. The number of carbonyl (C=O) groups is 1. The summed E-state index contributed by atoms with van der Waals surface area (Å²) in [4.78, 5) is 11.5. The first-order valence-electron chi connectivity index (χ1n) is 7.02. The van der Waals surface area contributed by atoms with Gasteiger partial charge in [-0.1, -0.05) is 26.7 Å². The minimum Gasteiger partial charge on any atom is -0.481 e. The van der Waals surface area contributed by atoms with Gasteiger partial charge in [0.05, 0.1) is 12.0 Å². The molecule has 1 heterocycles. The van der Waals surface area contributed by atoms with E-state index in [9.17, 15) is 9.90 Å². The first kappa shape index (κ1) is 14.0. The predicted molar refractivity (Wildman–Crippen MR) is 69.5 cm³/mol. The van der Waals surface area contributed by atoms with Crippen LogP contribution >= 0.6 is 0 Å². The molecule has 0 aromatic carbocycles. The summed E-state index contributed by atoms with van der Waals surface area (Å²) in [5.74, 6) is 0.682. The molecule has 2 rings (SSSR count). The molecule has 0 spiro atoms. The molecule has 1 aliphatic rings. The standard InChI is InChI=1S/C13H22N4O2/c1-10(2)5-6-11-14-15-16-17(11)9-13(12(18)19)7-3-4-8-13/h10H,3-9H2,1-2H3,(H,18,19). The number of nitrogens with zero attached hydrogens (tertiary/aromatic N) is 4. The van der Waals surface area contributed by atoms with Crippen molar-refractivity contribution in [3.8, 4) is 0 Å². The fourth-order valence-electron chi connectivity index (χ4n) is 2.72. The average Bonchev–Trinajstić information content (AvgIpc) is 2.97. The molecule has 0 amide bonds. The molecule has 0 saturated heterocycles. The number of rotatable bonds is 6. The minimum absolute atomic E-state index is 0.406. The third kappa shape index (κ3) is 3.11. The van der Waals surface area contributed by atoms with Crippen molar-refractivity contribution in [1.29, 1.82) is 0 Å². The molecule has 1 N–H and O–H groups in total. The Morgan fingerprint density at radius 3 is 2.68 bits per heavy atom. The van der Waals surface area contributed by atoms with Crippen LogP contribution in [0.3, 0.4) is 0 Å². The molecule has 1 aliphatic carbocycles. The molecular formula is C13H22N4O2. The quantitative estimate of drug-likeness (QED) is 0.850. The minimum atomic E-state index is -0.713. The molecular weight excluding hydrogens is 244 g/mol. The van der Waals surface area contributed by atoms with Gasteiger partial charge in [0.15, 0.2) is 5.82 Å². The number of carboxylic acid groups (broad SMARTS) is 1. The Morgan fingerprint density at radius 1 is 1.42 bits per heavy atom. The van der Waals surface area contributed by atoms with Crippen molar-refractivity contribution >= 4 is 5.97 Å². The second-order valence-corrected chi connectivity index (χ2v) is 5.98. The van der Waals surface area contributed by atoms with E-state index >= 15 is 0 Å². The summed E-state index contributed by atoms with van der Waals surface area (Å²) < 4.78 is 1.70. The van der Waals surface area contributed by atoms with Gasteiger partial charge < -0.3 is 5.11 Å². The zero-order chi connectivity index (χ0) is 13.9. The van der Waals surface area contributed by atoms with Crippen molar-refractivity contribution in [1.82, 2.24) is 20.2 Å². The highest BCUT2D eigenvalue weighted by atomic mass is 16.4. The maximum Gasteiger partial charge on any atom is 0.311 e. The van der Waals surface area contributed by atoms with Gasteiger partial charge in [0, 0.05) is 6.42 Å². The van der Waals surface area contributed by atoms with Crippen LogP contribution < -0.4 is 0 Å². The average molecular weight is 266 g/mol. The lowest BCUT2D eigenvalue weighted by atomic mass is 9.86. The van der Waals surface area contributed by atoms with Crippen molar-refractivity contribution in [3.63, 3.8) is 0 Å². The van der Waals surface area contributed by atoms with Crippen molar-refractivity contribution < 1.29 is 9.90 Å². The summed E-state index contributed by atoms with van der Waals surface area (Å²) in [6.07, 6.45) is 5.24. The molecule has 1 aromatic heterocycles. The normalized spacial score (nSPS) is 18.1. The van der Waals surface area contributed by atoms with Gasteiger partial charge in [-0.15, -0.1) is 5.10 Å². The maximum atomic E-state index is 11.5. The zero-order valence-corrected chi connectivity index (χ0v) is 11.7. The number of aromatic nitrogens is 4. The van der Waals surface area contributed by atoms with Crippen molar-refractivity contribution in [2.45, 2.75) is 58.9 Å². The molecule has 6 heteroatoms. The van der Waals surface area contributed by atoms with Crippen LogP contribution in [0.15, 0.2) is 0 Å². The van der Waals surface area contributed by atoms with Gasteiger partial charge in [0.1, 0.15) is 0 Å². The Labute approximate surface area is 113 Å². The summed E-state index contributed by atoms with van der Waals surface area (Å²) in [5, 5.41) is 21.2. The molecule has 1 aromatic rings. The lowest BCUT2D eigenvalue weighted by Crippen LogP contribution is -2.33. The Hall–Kier alpha value is -1.46. The van der Waals surface area contributed by atoms with Crippen LogP contribution in [0.4, 0.5) is 0 Å². The molecule has 0 unspecified atom stereocenters. The van der Waals surface area contributed by atoms with E-state index in [2.05, 4.69) is 29.4 Å². The lowest BCUT2D eigenvalue weighted by molar-refractivity contribution is -0.149. The highest BCUT2D eigenvalue weighted by Gasteiger charge is 2.42. The number of carboxylic acids is 1. The third-order valence-electron chi connectivity index (χ3n) is 4.02. The Bertz CT molecular complexity index is 436. The molecule has 19 heavy (non-hydrogen) atoms. The van der Waals surface area contributed by atoms with E-state index in [-0.39, 0.29) is 0 Å². The van der Waals surface area contributed by atoms with E-state index < -0.39 is 11.4 Å². The van der Waals surface area contributed by atoms with Crippen molar-refractivity contribution in [3.05, 3.63) is 5.82 Å². The molecule has 106 valence electrons. The largest absolute Gasteiger partial charge is 0.481 e. The second-order valence-electron chi connectivity index (χ2n) is 5.98. The number of aliphatic carboxylic acids is 1. The van der Waals surface area contributed by atoms with Gasteiger partial charge in [0.25, 0.3) is 0 Å². The van der Waals surface area contributed by atoms with Gasteiger partial charge in [0.2, 0.25) is 0 Å². The molecule has 1 saturated carbocycles. The van der Waals surface area contributed by atoms with Gasteiger partial charge in [-0.3, -0.25) is 4.79 Å². The monoisotopic (exact) mass is 266 g/mol. The zero-order valence-electron chi connectivity index (χ0n) is 11.7. The molecule has 1 fully saturated rings. The van der Waals surface area contributed by atoms with Crippen LogP contribution in [0, 0.1) is 11.3 Å². The van der Waals surface area contributed by atoms with E-state index in [0.717, 1.165) is 44.3 Å². The highest BCUT2D eigenvalue weighted by molar-refractivity contribution is 5.74. The molecule has 6 nitrogen and oxygen atoms in total. The molecule has 0 atom stereocenters. The number of hydrogen-bond acceptors (Lipinski definition) is 4. The van der Waals surface area contributed by atoms with Gasteiger partial charge in [-0.25, -0.2) is 4.68 Å². The fraction of sp³-hybridized carbons (Fsp3) is 0.846. The molecule has 0 bridgehead atoms. The van der Waals surface area contributed by atoms with E-state index in [4.69, 9.17) is 0 Å². The van der Waals surface area contributed by atoms with Crippen LogP contribution in [-0.2, 0) is 17.8 Å².